The summed E-state index contributed by atoms with van der Waals surface area (Å²) in [6, 6.07) is 2.03. The van der Waals surface area contributed by atoms with Crippen LogP contribution < -0.4 is 10.6 Å². The van der Waals surface area contributed by atoms with Crippen LogP contribution in [0, 0.1) is 25.2 Å². The van der Waals surface area contributed by atoms with Crippen LogP contribution in [-0.2, 0) is 0 Å². The number of nitrogen functional groups attached to an aromatic ring is 1. The normalized spacial score (nSPS) is 15.3. The highest BCUT2D eigenvalue weighted by Crippen LogP contribution is 2.30. The molecule has 0 unspecified atom stereocenters. The van der Waals surface area contributed by atoms with Gasteiger partial charge in [-0.1, -0.05) is 6.42 Å². The van der Waals surface area contributed by atoms with E-state index in [1.807, 2.05) is 19.9 Å². The van der Waals surface area contributed by atoms with Crippen molar-refractivity contribution in [3.05, 3.63) is 23.0 Å². The zero-order valence-corrected chi connectivity index (χ0v) is 11.5. The first-order valence-electron chi connectivity index (χ1n) is 6.53. The summed E-state index contributed by atoms with van der Waals surface area (Å²) in [5.74, 6) is 0.902. The number of nitrogens with zero attached hydrogens (tertiary/aromatic N) is 2. The van der Waals surface area contributed by atoms with Crippen LogP contribution >= 0.6 is 0 Å². The van der Waals surface area contributed by atoms with Crippen molar-refractivity contribution in [3.8, 4) is 0 Å². The number of aromatic nitrogens is 1. The number of anilines is 1. The van der Waals surface area contributed by atoms with E-state index in [0.29, 0.717) is 0 Å². The largest absolute Gasteiger partial charge is 0.384 e. The Morgan fingerprint density at radius 1 is 1.50 bits per heavy atom. The van der Waals surface area contributed by atoms with E-state index in [1.165, 1.54) is 19.3 Å². The molecule has 0 bridgehead atoms. The molecule has 1 aromatic heterocycles. The monoisotopic (exact) mass is 246 g/mol. The molecule has 4 nitrogen and oxygen atoms in total. The molecule has 0 spiro atoms. The summed E-state index contributed by atoms with van der Waals surface area (Å²) >= 11 is 0. The fraction of sp³-hybridized carbons (Fsp3) is 0.571. The van der Waals surface area contributed by atoms with Crippen molar-refractivity contribution in [2.45, 2.75) is 33.1 Å². The fourth-order valence-corrected chi connectivity index (χ4v) is 2.60. The number of aryl methyl sites for hydroxylation is 2. The van der Waals surface area contributed by atoms with Gasteiger partial charge in [0, 0.05) is 19.3 Å². The molecule has 1 saturated carbocycles. The van der Waals surface area contributed by atoms with Crippen LogP contribution in [0.1, 0.15) is 36.2 Å². The summed E-state index contributed by atoms with van der Waals surface area (Å²) in [5, 5.41) is 7.73. The van der Waals surface area contributed by atoms with Crippen molar-refractivity contribution >= 4 is 11.5 Å². The van der Waals surface area contributed by atoms with Crippen molar-refractivity contribution in [2.75, 3.05) is 18.5 Å². The number of nitrogens with two attached hydrogens (primary N) is 1. The van der Waals surface area contributed by atoms with Gasteiger partial charge in [-0.15, -0.1) is 0 Å². The quantitative estimate of drug-likeness (QED) is 0.632. The lowest BCUT2D eigenvalue weighted by Gasteiger charge is -2.32. The van der Waals surface area contributed by atoms with Gasteiger partial charge in [-0.05, 0) is 38.7 Å². The number of nitrogens with one attached hydrogen (secondary N) is 1. The van der Waals surface area contributed by atoms with E-state index in [1.54, 1.807) is 0 Å². The maximum atomic E-state index is 7.73. The molecule has 0 aromatic carbocycles. The van der Waals surface area contributed by atoms with Gasteiger partial charge in [0.2, 0.25) is 0 Å². The molecule has 1 aromatic rings. The average molecular weight is 246 g/mol. The van der Waals surface area contributed by atoms with Gasteiger partial charge < -0.3 is 10.6 Å². The molecule has 3 N–H and O–H groups in total. The first-order valence-corrected chi connectivity index (χ1v) is 6.53. The van der Waals surface area contributed by atoms with E-state index in [0.717, 1.165) is 35.1 Å². The zero-order chi connectivity index (χ0) is 13.3. The van der Waals surface area contributed by atoms with E-state index in [9.17, 15) is 0 Å². The Labute approximate surface area is 109 Å². The predicted octanol–water partition coefficient (Wildman–Crippen LogP) is 2.22. The Balaban J connectivity index is 2.31. The van der Waals surface area contributed by atoms with Gasteiger partial charge in [0.15, 0.2) is 0 Å². The third-order valence-electron chi connectivity index (χ3n) is 3.74. The van der Waals surface area contributed by atoms with Crippen molar-refractivity contribution < 1.29 is 0 Å². The smallest absolute Gasteiger partial charge is 0.126 e. The molecule has 4 heteroatoms. The third kappa shape index (κ3) is 2.47. The third-order valence-corrected chi connectivity index (χ3v) is 3.74. The molecule has 0 atom stereocenters. The lowest BCUT2D eigenvalue weighted by molar-refractivity contribution is 0.321. The van der Waals surface area contributed by atoms with Crippen LogP contribution in [-0.4, -0.2) is 24.4 Å². The van der Waals surface area contributed by atoms with E-state index in [-0.39, 0.29) is 5.84 Å². The Morgan fingerprint density at radius 3 is 2.67 bits per heavy atom. The first kappa shape index (κ1) is 12.9. The molecule has 98 valence electrons. The topological polar surface area (TPSA) is 66.0 Å². The second-order valence-corrected chi connectivity index (χ2v) is 5.33. The Morgan fingerprint density at radius 2 is 2.17 bits per heavy atom. The minimum atomic E-state index is 0.107. The van der Waals surface area contributed by atoms with Gasteiger partial charge in [-0.3, -0.25) is 10.4 Å². The van der Waals surface area contributed by atoms with Crippen LogP contribution in [0.4, 0.5) is 5.69 Å². The van der Waals surface area contributed by atoms with E-state index in [2.05, 4.69) is 16.9 Å². The summed E-state index contributed by atoms with van der Waals surface area (Å²) in [7, 11) is 2.08. The summed E-state index contributed by atoms with van der Waals surface area (Å²) in [6.07, 6.45) is 4.00. The minimum Gasteiger partial charge on any atom is -0.384 e. The number of pyridine rings is 1. The van der Waals surface area contributed by atoms with E-state index in [4.69, 9.17) is 11.1 Å². The van der Waals surface area contributed by atoms with Crippen LogP contribution in [0.3, 0.4) is 0 Å². The summed E-state index contributed by atoms with van der Waals surface area (Å²) in [4.78, 5) is 6.63. The van der Waals surface area contributed by atoms with E-state index < -0.39 is 0 Å². The van der Waals surface area contributed by atoms with Crippen molar-refractivity contribution in [3.63, 3.8) is 0 Å². The molecular weight excluding hydrogens is 224 g/mol. The van der Waals surface area contributed by atoms with Crippen molar-refractivity contribution in [1.29, 1.82) is 5.41 Å². The first-order chi connectivity index (χ1) is 8.49. The Hall–Kier alpha value is -1.58. The van der Waals surface area contributed by atoms with Gasteiger partial charge in [0.1, 0.15) is 5.84 Å². The number of hydrogen-bond acceptors (Lipinski definition) is 3. The molecule has 1 fully saturated rings. The van der Waals surface area contributed by atoms with Crippen LogP contribution in [0.25, 0.3) is 0 Å². The average Bonchev–Trinajstić information content (AvgIpc) is 2.21. The fourth-order valence-electron chi connectivity index (χ4n) is 2.60. The standard InChI is InChI=1S/C14H22N4/c1-9-7-12(13(14(15)16)10(2)17-9)18(3)8-11-5-4-6-11/h7,11H,4-6,8H2,1-3H3,(H3,15,16). The number of rotatable bonds is 4. The molecule has 0 aliphatic heterocycles. The second-order valence-electron chi connectivity index (χ2n) is 5.33. The second kappa shape index (κ2) is 4.96. The molecule has 2 rings (SSSR count). The van der Waals surface area contributed by atoms with E-state index >= 15 is 0 Å². The lowest BCUT2D eigenvalue weighted by atomic mass is 9.85. The van der Waals surface area contributed by atoms with Gasteiger partial charge in [0.25, 0.3) is 0 Å². The summed E-state index contributed by atoms with van der Waals surface area (Å²) in [6.45, 7) is 4.95. The summed E-state index contributed by atoms with van der Waals surface area (Å²) < 4.78 is 0. The molecule has 0 radical (unpaired) electrons. The lowest BCUT2D eigenvalue weighted by Crippen LogP contribution is -2.31. The Bertz CT molecular complexity index is 463. The maximum absolute atomic E-state index is 7.73. The van der Waals surface area contributed by atoms with Crippen molar-refractivity contribution in [1.82, 2.24) is 4.98 Å². The highest BCUT2D eigenvalue weighted by atomic mass is 15.1. The number of hydrogen-bond donors (Lipinski definition) is 2. The zero-order valence-electron chi connectivity index (χ0n) is 11.5. The molecule has 1 heterocycles. The molecule has 0 saturated heterocycles. The molecular formula is C14H22N4. The van der Waals surface area contributed by atoms with Gasteiger partial charge in [-0.25, -0.2) is 0 Å². The van der Waals surface area contributed by atoms with Gasteiger partial charge in [0.05, 0.1) is 16.9 Å². The summed E-state index contributed by atoms with van der Waals surface area (Å²) in [5.41, 5.74) is 9.34. The van der Waals surface area contributed by atoms with Crippen LogP contribution in [0.2, 0.25) is 0 Å². The predicted molar refractivity (Wildman–Crippen MR) is 75.3 cm³/mol. The van der Waals surface area contributed by atoms with Gasteiger partial charge in [-0.2, -0.15) is 0 Å². The van der Waals surface area contributed by atoms with Crippen LogP contribution in [0.5, 0.6) is 0 Å². The molecule has 0 amide bonds. The maximum Gasteiger partial charge on any atom is 0.126 e. The van der Waals surface area contributed by atoms with Crippen molar-refractivity contribution in [2.24, 2.45) is 11.7 Å². The van der Waals surface area contributed by atoms with Crippen LogP contribution in [0.15, 0.2) is 6.07 Å². The minimum absolute atomic E-state index is 0.107. The molecule has 1 aliphatic rings. The SMILES string of the molecule is Cc1cc(N(C)CC2CCC2)c(C(=N)N)c(C)n1. The molecule has 18 heavy (non-hydrogen) atoms. The van der Waals surface area contributed by atoms with Gasteiger partial charge >= 0.3 is 0 Å². The Kier molecular flexibility index (Phi) is 3.55. The highest BCUT2D eigenvalue weighted by Gasteiger charge is 2.21. The highest BCUT2D eigenvalue weighted by molar-refractivity contribution is 6.01. The number of amidine groups is 1. The molecule has 1 aliphatic carbocycles.